The predicted molar refractivity (Wildman–Crippen MR) is 91.2 cm³/mol. The summed E-state index contributed by atoms with van der Waals surface area (Å²) in [6, 6.07) is 11.2. The van der Waals surface area contributed by atoms with Crippen LogP contribution in [0.1, 0.15) is 21.6 Å². The van der Waals surface area contributed by atoms with E-state index in [0.717, 1.165) is 11.3 Å². The van der Waals surface area contributed by atoms with Crippen molar-refractivity contribution in [3.63, 3.8) is 0 Å². The van der Waals surface area contributed by atoms with E-state index in [-0.39, 0.29) is 5.56 Å². The van der Waals surface area contributed by atoms with Gasteiger partial charge in [0.25, 0.3) is 0 Å². The van der Waals surface area contributed by atoms with Crippen molar-refractivity contribution < 1.29 is 14.6 Å². The van der Waals surface area contributed by atoms with Gasteiger partial charge in [-0.15, -0.1) is 10.2 Å². The monoisotopic (exact) mass is 339 g/mol. The molecule has 1 aromatic carbocycles. The fraction of sp³-hybridized carbons (Fsp3) is 0.176. The number of rotatable bonds is 6. The number of hydrogen-bond acceptors (Lipinski definition) is 6. The van der Waals surface area contributed by atoms with Crippen molar-refractivity contribution in [1.29, 1.82) is 0 Å². The van der Waals surface area contributed by atoms with Crippen LogP contribution in [-0.4, -0.2) is 38.2 Å². The molecule has 0 spiro atoms. The topological polar surface area (TPSA) is 102 Å². The number of nitrogens with one attached hydrogen (secondary N) is 1. The summed E-state index contributed by atoms with van der Waals surface area (Å²) in [5.41, 5.74) is 1.73. The number of carboxylic acids is 1. The van der Waals surface area contributed by atoms with Gasteiger partial charge in [-0.05, 0) is 36.8 Å². The summed E-state index contributed by atoms with van der Waals surface area (Å²) in [4.78, 5) is 11.1. The quantitative estimate of drug-likeness (QED) is 0.710. The van der Waals surface area contributed by atoms with Gasteiger partial charge < -0.3 is 15.2 Å². The minimum Gasteiger partial charge on any atom is -0.497 e. The van der Waals surface area contributed by atoms with Gasteiger partial charge in [-0.25, -0.2) is 9.48 Å². The highest BCUT2D eigenvalue weighted by Gasteiger charge is 2.14. The molecule has 0 saturated carbocycles. The van der Waals surface area contributed by atoms with Gasteiger partial charge in [-0.1, -0.05) is 12.1 Å². The van der Waals surface area contributed by atoms with Crippen LogP contribution in [0.3, 0.4) is 0 Å². The van der Waals surface area contributed by atoms with Crippen molar-refractivity contribution >= 4 is 11.8 Å². The van der Waals surface area contributed by atoms with Crippen LogP contribution in [0.2, 0.25) is 0 Å². The molecule has 0 radical (unpaired) electrons. The lowest BCUT2D eigenvalue weighted by Gasteiger charge is -2.07. The van der Waals surface area contributed by atoms with Crippen LogP contribution < -0.4 is 10.1 Å². The van der Waals surface area contributed by atoms with E-state index in [0.29, 0.717) is 23.9 Å². The van der Waals surface area contributed by atoms with E-state index in [1.807, 2.05) is 24.3 Å². The number of methoxy groups -OCH3 is 1. The summed E-state index contributed by atoms with van der Waals surface area (Å²) in [6.45, 7) is 2.27. The number of benzene rings is 1. The zero-order chi connectivity index (χ0) is 17.8. The van der Waals surface area contributed by atoms with Gasteiger partial charge in [0.05, 0.1) is 19.0 Å². The second-order valence-corrected chi connectivity index (χ2v) is 5.34. The van der Waals surface area contributed by atoms with Gasteiger partial charge in [0.15, 0.2) is 5.82 Å². The van der Waals surface area contributed by atoms with Gasteiger partial charge in [0.1, 0.15) is 17.1 Å². The Kier molecular flexibility index (Phi) is 4.60. The Morgan fingerprint density at radius 3 is 2.52 bits per heavy atom. The third kappa shape index (κ3) is 3.57. The predicted octanol–water partition coefficient (Wildman–Crippen LogP) is 2.29. The molecule has 3 rings (SSSR count). The molecule has 128 valence electrons. The molecule has 3 aromatic rings. The largest absolute Gasteiger partial charge is 0.497 e. The number of aromatic nitrogens is 4. The van der Waals surface area contributed by atoms with Crippen molar-refractivity contribution in [3.05, 3.63) is 59.4 Å². The molecule has 0 bridgehead atoms. The molecule has 0 atom stereocenters. The van der Waals surface area contributed by atoms with E-state index in [2.05, 4.69) is 20.6 Å². The van der Waals surface area contributed by atoms with Crippen LogP contribution in [0, 0.1) is 6.92 Å². The van der Waals surface area contributed by atoms with Crippen molar-refractivity contribution in [3.8, 4) is 11.6 Å². The van der Waals surface area contributed by atoms with E-state index in [1.54, 1.807) is 26.2 Å². The molecule has 0 amide bonds. The van der Waals surface area contributed by atoms with E-state index < -0.39 is 5.97 Å². The van der Waals surface area contributed by atoms with Crippen LogP contribution in [0.5, 0.6) is 5.75 Å². The number of ether oxygens (including phenoxy) is 1. The number of carbonyl (C=O) groups is 1. The SMILES string of the molecule is COc1ccc(CNc2ccc(-n3ncc(C(=O)O)c3C)nn2)cc1. The summed E-state index contributed by atoms with van der Waals surface area (Å²) < 4.78 is 6.57. The Hall–Kier alpha value is -3.42. The molecule has 2 heterocycles. The molecule has 8 heteroatoms. The summed E-state index contributed by atoms with van der Waals surface area (Å²) in [5, 5.41) is 24.5. The fourth-order valence-corrected chi connectivity index (χ4v) is 2.32. The lowest BCUT2D eigenvalue weighted by Crippen LogP contribution is -2.07. The summed E-state index contributed by atoms with van der Waals surface area (Å²) >= 11 is 0. The standard InChI is InChI=1S/C17H17N5O3/c1-11-14(17(23)24)10-19-22(11)16-8-7-15(20-21-16)18-9-12-3-5-13(25-2)6-4-12/h3-8,10H,9H2,1-2H3,(H,18,20)(H,23,24). The van der Waals surface area contributed by atoms with Crippen LogP contribution >= 0.6 is 0 Å². The molecule has 0 unspecified atom stereocenters. The first kappa shape index (κ1) is 16.4. The molecule has 0 saturated heterocycles. The highest BCUT2D eigenvalue weighted by atomic mass is 16.5. The normalized spacial score (nSPS) is 10.5. The van der Waals surface area contributed by atoms with Crippen LogP contribution in [0.15, 0.2) is 42.6 Å². The smallest absolute Gasteiger partial charge is 0.339 e. The number of aromatic carboxylic acids is 1. The summed E-state index contributed by atoms with van der Waals surface area (Å²) in [7, 11) is 1.63. The van der Waals surface area contributed by atoms with Crippen LogP contribution in [0.4, 0.5) is 5.82 Å². The second kappa shape index (κ2) is 7.00. The van der Waals surface area contributed by atoms with Crippen molar-refractivity contribution in [1.82, 2.24) is 20.0 Å². The first-order valence-electron chi connectivity index (χ1n) is 7.57. The Labute approximate surface area is 144 Å². The summed E-state index contributed by atoms with van der Waals surface area (Å²) in [6.07, 6.45) is 1.30. The Morgan fingerprint density at radius 2 is 1.96 bits per heavy atom. The molecule has 8 nitrogen and oxygen atoms in total. The Morgan fingerprint density at radius 1 is 1.20 bits per heavy atom. The highest BCUT2D eigenvalue weighted by molar-refractivity contribution is 5.88. The van der Waals surface area contributed by atoms with E-state index in [1.165, 1.54) is 10.9 Å². The van der Waals surface area contributed by atoms with Gasteiger partial charge in [0, 0.05) is 6.54 Å². The van der Waals surface area contributed by atoms with Crippen molar-refractivity contribution in [2.45, 2.75) is 13.5 Å². The van der Waals surface area contributed by atoms with Gasteiger partial charge >= 0.3 is 5.97 Å². The molecule has 25 heavy (non-hydrogen) atoms. The van der Waals surface area contributed by atoms with Crippen molar-refractivity contribution in [2.24, 2.45) is 0 Å². The maximum atomic E-state index is 11.1. The van der Waals surface area contributed by atoms with Crippen LogP contribution in [-0.2, 0) is 6.54 Å². The molecular formula is C17H17N5O3. The van der Waals surface area contributed by atoms with E-state index >= 15 is 0 Å². The molecule has 0 aliphatic heterocycles. The molecule has 2 aromatic heterocycles. The average molecular weight is 339 g/mol. The molecule has 0 aliphatic rings. The zero-order valence-electron chi connectivity index (χ0n) is 13.8. The molecule has 0 aliphatic carbocycles. The first-order valence-corrected chi connectivity index (χ1v) is 7.57. The lowest BCUT2D eigenvalue weighted by atomic mass is 10.2. The minimum atomic E-state index is -1.02. The first-order chi connectivity index (χ1) is 12.1. The second-order valence-electron chi connectivity index (χ2n) is 5.34. The Bertz CT molecular complexity index is 872. The fourth-order valence-electron chi connectivity index (χ4n) is 2.32. The average Bonchev–Trinajstić information content (AvgIpc) is 3.02. The zero-order valence-corrected chi connectivity index (χ0v) is 13.8. The third-order valence-corrected chi connectivity index (χ3v) is 3.74. The Balaban J connectivity index is 1.68. The number of carboxylic acid groups (broad SMARTS) is 1. The highest BCUT2D eigenvalue weighted by Crippen LogP contribution is 2.15. The number of nitrogens with zero attached hydrogens (tertiary/aromatic N) is 4. The number of hydrogen-bond donors (Lipinski definition) is 2. The van der Waals surface area contributed by atoms with Crippen LogP contribution in [0.25, 0.3) is 5.82 Å². The lowest BCUT2D eigenvalue weighted by molar-refractivity contribution is 0.0696. The van der Waals surface area contributed by atoms with Gasteiger partial charge in [-0.3, -0.25) is 0 Å². The third-order valence-electron chi connectivity index (χ3n) is 3.74. The van der Waals surface area contributed by atoms with E-state index in [4.69, 9.17) is 9.84 Å². The van der Waals surface area contributed by atoms with E-state index in [9.17, 15) is 4.79 Å². The molecular weight excluding hydrogens is 322 g/mol. The maximum absolute atomic E-state index is 11.1. The summed E-state index contributed by atoms with van der Waals surface area (Å²) in [5.74, 6) is 0.862. The molecule has 2 N–H and O–H groups in total. The molecule has 0 fully saturated rings. The van der Waals surface area contributed by atoms with Gasteiger partial charge in [0.2, 0.25) is 0 Å². The number of anilines is 1. The van der Waals surface area contributed by atoms with Crippen molar-refractivity contribution in [2.75, 3.05) is 12.4 Å². The maximum Gasteiger partial charge on any atom is 0.339 e. The van der Waals surface area contributed by atoms with Gasteiger partial charge in [-0.2, -0.15) is 5.10 Å². The minimum absolute atomic E-state index is 0.142.